The van der Waals surface area contributed by atoms with Gasteiger partial charge in [0.25, 0.3) is 0 Å². The van der Waals surface area contributed by atoms with Crippen LogP contribution >= 0.6 is 0 Å². The van der Waals surface area contributed by atoms with Crippen LogP contribution in [0.5, 0.6) is 5.88 Å². The summed E-state index contributed by atoms with van der Waals surface area (Å²) in [7, 11) is 1.66. The number of anilines is 1. The molecule has 0 aromatic carbocycles. The molecule has 1 aliphatic carbocycles. The molecule has 1 aromatic rings. The highest BCUT2D eigenvalue weighted by Crippen LogP contribution is 2.39. The third-order valence-electron chi connectivity index (χ3n) is 2.89. The second-order valence-corrected chi connectivity index (χ2v) is 5.34. The third kappa shape index (κ3) is 4.67. The van der Waals surface area contributed by atoms with Crippen molar-refractivity contribution in [3.05, 3.63) is 11.9 Å². The zero-order valence-electron chi connectivity index (χ0n) is 12.0. The van der Waals surface area contributed by atoms with Crippen LogP contribution in [0.4, 0.5) is 5.82 Å². The van der Waals surface area contributed by atoms with E-state index in [2.05, 4.69) is 29.1 Å². The number of nitrogens with one attached hydrogen (secondary N) is 1. The predicted octanol–water partition coefficient (Wildman–Crippen LogP) is 2.45. The fraction of sp³-hybridized carbons (Fsp3) is 0.714. The van der Waals surface area contributed by atoms with Crippen LogP contribution in [0.25, 0.3) is 0 Å². The van der Waals surface area contributed by atoms with Gasteiger partial charge in [0, 0.05) is 25.6 Å². The van der Waals surface area contributed by atoms with Crippen LogP contribution in [0.15, 0.2) is 6.07 Å². The lowest BCUT2D eigenvalue weighted by Gasteiger charge is -2.11. The van der Waals surface area contributed by atoms with Crippen LogP contribution in [-0.2, 0) is 4.74 Å². The Balaban J connectivity index is 2.03. The number of aromatic nitrogens is 2. The van der Waals surface area contributed by atoms with Gasteiger partial charge in [-0.25, -0.2) is 4.98 Å². The second-order valence-electron chi connectivity index (χ2n) is 5.34. The summed E-state index contributed by atoms with van der Waals surface area (Å²) >= 11 is 0. The minimum Gasteiger partial charge on any atom is -0.475 e. The van der Waals surface area contributed by atoms with Crippen molar-refractivity contribution in [3.63, 3.8) is 0 Å². The molecule has 0 aliphatic heterocycles. The normalized spacial score (nSPS) is 14.7. The van der Waals surface area contributed by atoms with Crippen molar-refractivity contribution in [1.29, 1.82) is 0 Å². The van der Waals surface area contributed by atoms with E-state index in [-0.39, 0.29) is 0 Å². The molecular weight excluding hydrogens is 242 g/mol. The maximum atomic E-state index is 5.60. The number of methoxy groups -OCH3 is 1. The van der Waals surface area contributed by atoms with Gasteiger partial charge in [0.1, 0.15) is 18.2 Å². The molecule has 1 N–H and O–H groups in total. The summed E-state index contributed by atoms with van der Waals surface area (Å²) in [4.78, 5) is 9.03. The largest absolute Gasteiger partial charge is 0.475 e. The Labute approximate surface area is 114 Å². The van der Waals surface area contributed by atoms with Gasteiger partial charge >= 0.3 is 0 Å². The van der Waals surface area contributed by atoms with Gasteiger partial charge in [0.2, 0.25) is 5.88 Å². The zero-order valence-corrected chi connectivity index (χ0v) is 12.0. The molecule has 1 fully saturated rings. The van der Waals surface area contributed by atoms with E-state index < -0.39 is 0 Å². The molecule has 1 saturated carbocycles. The summed E-state index contributed by atoms with van der Waals surface area (Å²) in [6, 6.07) is 1.86. The molecular formula is C14H23N3O2. The van der Waals surface area contributed by atoms with Gasteiger partial charge in [-0.2, -0.15) is 4.98 Å². The van der Waals surface area contributed by atoms with Gasteiger partial charge in [-0.1, -0.05) is 13.8 Å². The summed E-state index contributed by atoms with van der Waals surface area (Å²) < 4.78 is 10.6. The highest BCUT2D eigenvalue weighted by atomic mass is 16.5. The molecule has 1 aromatic heterocycles. The first-order chi connectivity index (χ1) is 9.19. The smallest absolute Gasteiger partial charge is 0.218 e. The molecule has 1 heterocycles. The Kier molecular flexibility index (Phi) is 4.96. The van der Waals surface area contributed by atoms with Gasteiger partial charge in [-0.05, 0) is 18.8 Å². The Morgan fingerprint density at radius 1 is 1.32 bits per heavy atom. The molecule has 5 heteroatoms. The Morgan fingerprint density at radius 3 is 2.74 bits per heavy atom. The van der Waals surface area contributed by atoms with Gasteiger partial charge in [-0.3, -0.25) is 0 Å². The number of rotatable bonds is 8. The zero-order chi connectivity index (χ0) is 13.7. The highest BCUT2D eigenvalue weighted by molar-refractivity contribution is 5.39. The van der Waals surface area contributed by atoms with Gasteiger partial charge < -0.3 is 14.8 Å². The lowest BCUT2D eigenvalue weighted by Crippen LogP contribution is -2.12. The molecule has 1 aliphatic rings. The molecule has 2 rings (SSSR count). The lowest BCUT2D eigenvalue weighted by atomic mass is 10.2. The Bertz CT molecular complexity index is 406. The van der Waals surface area contributed by atoms with E-state index in [9.17, 15) is 0 Å². The first-order valence-electron chi connectivity index (χ1n) is 6.93. The second kappa shape index (κ2) is 6.70. The van der Waals surface area contributed by atoms with E-state index in [0.29, 0.717) is 30.9 Å². The van der Waals surface area contributed by atoms with Crippen molar-refractivity contribution < 1.29 is 9.47 Å². The molecule has 0 bridgehead atoms. The monoisotopic (exact) mass is 265 g/mol. The van der Waals surface area contributed by atoms with Crippen molar-refractivity contribution in [2.24, 2.45) is 5.92 Å². The van der Waals surface area contributed by atoms with Crippen LogP contribution in [0.3, 0.4) is 0 Å². The third-order valence-corrected chi connectivity index (χ3v) is 2.89. The number of ether oxygens (including phenoxy) is 2. The fourth-order valence-corrected chi connectivity index (χ4v) is 1.67. The maximum absolute atomic E-state index is 5.60. The number of hydrogen-bond donors (Lipinski definition) is 1. The fourth-order valence-electron chi connectivity index (χ4n) is 1.67. The maximum Gasteiger partial charge on any atom is 0.218 e. The van der Waals surface area contributed by atoms with Gasteiger partial charge in [-0.15, -0.1) is 0 Å². The topological polar surface area (TPSA) is 56.3 Å². The molecule has 19 heavy (non-hydrogen) atoms. The van der Waals surface area contributed by atoms with Gasteiger partial charge in [0.05, 0.1) is 6.61 Å². The van der Waals surface area contributed by atoms with Crippen LogP contribution < -0.4 is 10.1 Å². The lowest BCUT2D eigenvalue weighted by molar-refractivity contribution is 0.143. The Hall–Kier alpha value is -1.36. The summed E-state index contributed by atoms with van der Waals surface area (Å²) in [6.07, 6.45) is 2.37. The van der Waals surface area contributed by atoms with Crippen molar-refractivity contribution >= 4 is 5.82 Å². The number of nitrogens with zero attached hydrogens (tertiary/aromatic N) is 2. The summed E-state index contributed by atoms with van der Waals surface area (Å²) in [5.41, 5.74) is 0. The van der Waals surface area contributed by atoms with E-state index in [4.69, 9.17) is 9.47 Å². The standard InChI is InChI=1S/C14H23N3O2/c1-10(2)9-15-12-8-13(19-7-6-18-3)17-14(16-12)11-4-5-11/h8,10-11H,4-7,9H2,1-3H3,(H,15,16,17). The summed E-state index contributed by atoms with van der Waals surface area (Å²) in [5.74, 6) is 3.50. The van der Waals surface area contributed by atoms with Crippen LogP contribution in [-0.4, -0.2) is 36.8 Å². The predicted molar refractivity (Wildman–Crippen MR) is 74.7 cm³/mol. The van der Waals surface area contributed by atoms with Crippen molar-refractivity contribution in [2.75, 3.05) is 32.2 Å². The molecule has 0 radical (unpaired) electrons. The van der Waals surface area contributed by atoms with Crippen LogP contribution in [0, 0.1) is 5.92 Å². The minimum absolute atomic E-state index is 0.515. The molecule has 5 nitrogen and oxygen atoms in total. The van der Waals surface area contributed by atoms with Crippen molar-refractivity contribution in [2.45, 2.75) is 32.6 Å². The molecule has 0 atom stereocenters. The van der Waals surface area contributed by atoms with Crippen molar-refractivity contribution in [3.8, 4) is 5.88 Å². The minimum atomic E-state index is 0.515. The van der Waals surface area contributed by atoms with E-state index >= 15 is 0 Å². The first kappa shape index (κ1) is 14.1. The van der Waals surface area contributed by atoms with E-state index in [0.717, 1.165) is 18.2 Å². The number of hydrogen-bond acceptors (Lipinski definition) is 5. The molecule has 0 amide bonds. The highest BCUT2D eigenvalue weighted by Gasteiger charge is 2.27. The first-order valence-corrected chi connectivity index (χ1v) is 6.93. The quantitative estimate of drug-likeness (QED) is 0.732. The summed E-state index contributed by atoms with van der Waals surface area (Å²) in [5, 5.41) is 3.34. The average molecular weight is 265 g/mol. The van der Waals surface area contributed by atoms with E-state index in [1.54, 1.807) is 7.11 Å². The molecule has 0 saturated heterocycles. The molecule has 0 unspecified atom stereocenters. The van der Waals surface area contributed by atoms with Crippen molar-refractivity contribution in [1.82, 2.24) is 9.97 Å². The van der Waals surface area contributed by atoms with E-state index in [1.807, 2.05) is 6.07 Å². The Morgan fingerprint density at radius 2 is 2.11 bits per heavy atom. The van der Waals surface area contributed by atoms with Gasteiger partial charge in [0.15, 0.2) is 0 Å². The average Bonchev–Trinajstić information content (AvgIpc) is 3.21. The van der Waals surface area contributed by atoms with E-state index in [1.165, 1.54) is 12.8 Å². The van der Waals surface area contributed by atoms with Crippen LogP contribution in [0.2, 0.25) is 0 Å². The summed E-state index contributed by atoms with van der Waals surface area (Å²) in [6.45, 7) is 6.33. The SMILES string of the molecule is COCCOc1cc(NCC(C)C)nc(C2CC2)n1. The molecule has 106 valence electrons. The van der Waals surface area contributed by atoms with Crippen LogP contribution in [0.1, 0.15) is 38.4 Å². The molecule has 0 spiro atoms.